The second-order valence-electron chi connectivity index (χ2n) is 5.69. The average Bonchev–Trinajstić information content (AvgIpc) is 3.11. The number of thiophene rings is 1. The highest BCUT2D eigenvalue weighted by Gasteiger charge is 2.27. The van der Waals surface area contributed by atoms with E-state index in [1.54, 1.807) is 43.3 Å². The zero-order valence-corrected chi connectivity index (χ0v) is 15.4. The minimum Gasteiger partial charge on any atom is -0.443 e. The third-order valence-electron chi connectivity index (χ3n) is 3.77. The van der Waals surface area contributed by atoms with E-state index in [1.807, 2.05) is 24.3 Å². The van der Waals surface area contributed by atoms with Crippen molar-refractivity contribution in [1.29, 1.82) is 0 Å². The number of hydrogen-bond acceptors (Lipinski definition) is 5. The van der Waals surface area contributed by atoms with Gasteiger partial charge in [0.2, 0.25) is 6.10 Å². The van der Waals surface area contributed by atoms with Crippen molar-refractivity contribution < 1.29 is 19.1 Å². The summed E-state index contributed by atoms with van der Waals surface area (Å²) in [6, 6.07) is 17.3. The minimum absolute atomic E-state index is 0.372. The molecule has 0 fully saturated rings. The molecule has 2 N–H and O–H groups in total. The molecule has 2 aromatic carbocycles. The number of nitrogens with one attached hydrogen (secondary N) is 2. The molecule has 138 valence electrons. The molecule has 3 amide bonds. The number of rotatable bonds is 5. The van der Waals surface area contributed by atoms with Gasteiger partial charge in [-0.3, -0.25) is 10.1 Å². The van der Waals surface area contributed by atoms with Gasteiger partial charge in [-0.2, -0.15) is 0 Å². The number of imide groups is 1. The van der Waals surface area contributed by atoms with Gasteiger partial charge in [-0.15, -0.1) is 11.3 Å². The molecule has 1 heterocycles. The van der Waals surface area contributed by atoms with Crippen molar-refractivity contribution in [1.82, 2.24) is 10.6 Å². The van der Waals surface area contributed by atoms with Gasteiger partial charge in [0, 0.05) is 16.8 Å². The molecule has 0 bridgehead atoms. The largest absolute Gasteiger partial charge is 0.443 e. The van der Waals surface area contributed by atoms with E-state index in [1.165, 1.54) is 11.3 Å². The summed E-state index contributed by atoms with van der Waals surface area (Å²) in [5, 5.41) is 5.60. The highest BCUT2D eigenvalue weighted by molar-refractivity contribution is 7.20. The smallest absolute Gasteiger partial charge is 0.349 e. The fraction of sp³-hybridized carbons (Fsp3) is 0.150. The number of fused-ring (bicyclic) bond motifs is 1. The van der Waals surface area contributed by atoms with Gasteiger partial charge in [-0.25, -0.2) is 9.59 Å². The van der Waals surface area contributed by atoms with Crippen molar-refractivity contribution in [2.24, 2.45) is 0 Å². The first-order chi connectivity index (χ1) is 13.1. The quantitative estimate of drug-likeness (QED) is 0.660. The van der Waals surface area contributed by atoms with Crippen molar-refractivity contribution >= 4 is 39.3 Å². The van der Waals surface area contributed by atoms with Crippen LogP contribution in [0.4, 0.5) is 4.79 Å². The van der Waals surface area contributed by atoms with Crippen molar-refractivity contribution in [3.05, 3.63) is 71.1 Å². The SMILES string of the molecule is CCNC(=O)NC(=O)[C@H](OC(=O)c1cc2ccccc2s1)c1ccccc1. The summed E-state index contributed by atoms with van der Waals surface area (Å²) in [4.78, 5) is 37.2. The molecule has 0 aliphatic carbocycles. The molecule has 0 saturated heterocycles. The molecule has 0 unspecified atom stereocenters. The molecule has 0 saturated carbocycles. The Morgan fingerprint density at radius 1 is 1.04 bits per heavy atom. The topological polar surface area (TPSA) is 84.5 Å². The van der Waals surface area contributed by atoms with Crippen LogP contribution < -0.4 is 10.6 Å². The Kier molecular flexibility index (Phi) is 5.83. The first kappa shape index (κ1) is 18.6. The molecule has 27 heavy (non-hydrogen) atoms. The highest BCUT2D eigenvalue weighted by Crippen LogP contribution is 2.28. The second-order valence-corrected chi connectivity index (χ2v) is 6.78. The highest BCUT2D eigenvalue weighted by atomic mass is 32.1. The minimum atomic E-state index is -1.23. The van der Waals surface area contributed by atoms with Crippen LogP contribution in [0.25, 0.3) is 10.1 Å². The van der Waals surface area contributed by atoms with Crippen LogP contribution in [0.2, 0.25) is 0 Å². The summed E-state index contributed by atoms with van der Waals surface area (Å²) < 4.78 is 6.42. The van der Waals surface area contributed by atoms with Gasteiger partial charge in [-0.05, 0) is 24.4 Å². The number of carbonyl (C=O) groups is 3. The number of amides is 3. The summed E-state index contributed by atoms with van der Waals surface area (Å²) in [6.07, 6.45) is -1.23. The lowest BCUT2D eigenvalue weighted by Gasteiger charge is -2.17. The average molecular weight is 382 g/mol. The lowest BCUT2D eigenvalue weighted by atomic mass is 10.1. The Hall–Kier alpha value is -3.19. The van der Waals surface area contributed by atoms with Crippen LogP contribution >= 0.6 is 11.3 Å². The number of esters is 1. The Labute approximate surface area is 160 Å². The first-order valence-electron chi connectivity index (χ1n) is 8.41. The maximum absolute atomic E-state index is 12.6. The Balaban J connectivity index is 1.83. The predicted octanol–water partition coefficient (Wildman–Crippen LogP) is 3.65. The van der Waals surface area contributed by atoms with Crippen LogP contribution in [0.5, 0.6) is 0 Å². The van der Waals surface area contributed by atoms with Gasteiger partial charge < -0.3 is 10.1 Å². The van der Waals surface area contributed by atoms with Crippen LogP contribution in [-0.2, 0) is 9.53 Å². The number of benzene rings is 2. The summed E-state index contributed by atoms with van der Waals surface area (Å²) in [7, 11) is 0. The number of urea groups is 1. The van der Waals surface area contributed by atoms with Gasteiger partial charge in [-0.1, -0.05) is 48.5 Å². The number of ether oxygens (including phenoxy) is 1. The third kappa shape index (κ3) is 4.51. The Morgan fingerprint density at radius 2 is 1.74 bits per heavy atom. The first-order valence-corrected chi connectivity index (χ1v) is 9.23. The van der Waals surface area contributed by atoms with Crippen LogP contribution in [0.15, 0.2) is 60.7 Å². The van der Waals surface area contributed by atoms with Gasteiger partial charge in [0.15, 0.2) is 0 Å². The van der Waals surface area contributed by atoms with Gasteiger partial charge in [0.1, 0.15) is 4.88 Å². The monoisotopic (exact) mass is 382 g/mol. The summed E-state index contributed by atoms with van der Waals surface area (Å²) >= 11 is 1.29. The third-order valence-corrected chi connectivity index (χ3v) is 4.86. The molecule has 3 rings (SSSR count). The van der Waals surface area contributed by atoms with Crippen LogP contribution in [0, 0.1) is 0 Å². The van der Waals surface area contributed by atoms with Crippen LogP contribution in [-0.4, -0.2) is 24.5 Å². The lowest BCUT2D eigenvalue weighted by Crippen LogP contribution is -2.42. The van der Waals surface area contributed by atoms with Crippen LogP contribution in [0.3, 0.4) is 0 Å². The van der Waals surface area contributed by atoms with Crippen molar-refractivity contribution in [2.45, 2.75) is 13.0 Å². The van der Waals surface area contributed by atoms with E-state index in [0.717, 1.165) is 10.1 Å². The molecule has 6 nitrogen and oxygen atoms in total. The summed E-state index contributed by atoms with van der Waals surface area (Å²) in [5.74, 6) is -1.32. The van der Waals surface area contributed by atoms with Crippen LogP contribution in [0.1, 0.15) is 28.3 Å². The zero-order chi connectivity index (χ0) is 19.2. The van der Waals surface area contributed by atoms with Crippen molar-refractivity contribution in [2.75, 3.05) is 6.54 Å². The molecule has 7 heteroatoms. The van der Waals surface area contributed by atoms with E-state index >= 15 is 0 Å². The van der Waals surface area contributed by atoms with Crippen molar-refractivity contribution in [3.8, 4) is 0 Å². The van der Waals surface area contributed by atoms with Gasteiger partial charge in [0.05, 0.1) is 0 Å². The molecule has 3 aromatic rings. The Bertz CT molecular complexity index is 935. The van der Waals surface area contributed by atoms with Gasteiger partial charge in [0.25, 0.3) is 5.91 Å². The molecule has 0 aliphatic heterocycles. The standard InChI is InChI=1S/C20H18N2O4S/c1-2-21-20(25)22-18(23)17(13-8-4-3-5-9-13)26-19(24)16-12-14-10-6-7-11-15(14)27-16/h3-12,17H,2H2,1H3,(H2,21,22,23,25)/t17-/m1/s1. The Morgan fingerprint density at radius 3 is 2.44 bits per heavy atom. The molecule has 1 atom stereocenters. The van der Waals surface area contributed by atoms with E-state index in [9.17, 15) is 14.4 Å². The zero-order valence-electron chi connectivity index (χ0n) is 14.6. The fourth-order valence-electron chi connectivity index (χ4n) is 2.53. The number of hydrogen-bond donors (Lipinski definition) is 2. The summed E-state index contributed by atoms with van der Waals surface area (Å²) in [5.41, 5.74) is 0.480. The van der Waals surface area contributed by atoms with E-state index in [0.29, 0.717) is 17.0 Å². The maximum atomic E-state index is 12.6. The fourth-order valence-corrected chi connectivity index (χ4v) is 3.48. The molecule has 0 aliphatic rings. The van der Waals surface area contributed by atoms with Crippen molar-refractivity contribution in [3.63, 3.8) is 0 Å². The van der Waals surface area contributed by atoms with E-state index in [-0.39, 0.29) is 0 Å². The predicted molar refractivity (Wildman–Crippen MR) is 104 cm³/mol. The lowest BCUT2D eigenvalue weighted by molar-refractivity contribution is -0.129. The molecule has 0 spiro atoms. The maximum Gasteiger partial charge on any atom is 0.349 e. The molecular weight excluding hydrogens is 364 g/mol. The second kappa shape index (κ2) is 8.46. The van der Waals surface area contributed by atoms with E-state index in [4.69, 9.17) is 4.74 Å². The normalized spacial score (nSPS) is 11.6. The van der Waals surface area contributed by atoms with E-state index < -0.39 is 24.0 Å². The summed E-state index contributed by atoms with van der Waals surface area (Å²) in [6.45, 7) is 2.11. The number of carbonyl (C=O) groups excluding carboxylic acids is 3. The molecule has 0 radical (unpaired) electrons. The van der Waals surface area contributed by atoms with Gasteiger partial charge >= 0.3 is 12.0 Å². The molecule has 1 aromatic heterocycles. The molecular formula is C20H18N2O4S. The van der Waals surface area contributed by atoms with E-state index in [2.05, 4.69) is 10.6 Å².